The zero-order valence-corrected chi connectivity index (χ0v) is 18.8. The molecule has 0 rings (SSSR count). The van der Waals surface area contributed by atoms with Gasteiger partial charge in [-0.05, 0) is 53.9 Å². The van der Waals surface area contributed by atoms with Crippen LogP contribution < -0.4 is 0 Å². The molecule has 2 nitrogen and oxygen atoms in total. The molecule has 2 unspecified atom stereocenters. The SMILES string of the molecule is CCCCCCCCCCCCC=CCC(OC(C)C)C(C)OC(C)C. The highest BCUT2D eigenvalue weighted by Crippen LogP contribution is 2.15. The van der Waals surface area contributed by atoms with Crippen molar-refractivity contribution in [3.63, 3.8) is 0 Å². The third-order valence-corrected chi connectivity index (χ3v) is 4.72. The molecule has 0 saturated carbocycles. The predicted molar refractivity (Wildman–Crippen MR) is 116 cm³/mol. The number of allylic oxidation sites excluding steroid dienone is 1. The summed E-state index contributed by atoms with van der Waals surface area (Å²) < 4.78 is 12.0. The molecule has 2 heteroatoms. The first kappa shape index (κ1) is 25.7. The van der Waals surface area contributed by atoms with E-state index in [-0.39, 0.29) is 24.4 Å². The Bertz CT molecular complexity index is 309. The summed E-state index contributed by atoms with van der Waals surface area (Å²) in [6.45, 7) is 12.8. The maximum Gasteiger partial charge on any atom is 0.0871 e. The van der Waals surface area contributed by atoms with Crippen LogP contribution in [0, 0.1) is 0 Å². The van der Waals surface area contributed by atoms with Crippen LogP contribution in [-0.2, 0) is 9.47 Å². The standard InChI is InChI=1S/C24H48O2/c1-7-8-9-10-11-12-13-14-15-16-17-18-19-20-24(26-22(4)5)23(6)25-21(2)3/h18-19,21-24H,7-17,20H2,1-6H3. The van der Waals surface area contributed by atoms with Crippen LogP contribution in [0.25, 0.3) is 0 Å². The minimum Gasteiger partial charge on any atom is -0.373 e. The van der Waals surface area contributed by atoms with Crippen molar-refractivity contribution in [3.8, 4) is 0 Å². The molecule has 0 heterocycles. The minimum absolute atomic E-state index is 0.138. The average Bonchev–Trinajstić information content (AvgIpc) is 2.57. The van der Waals surface area contributed by atoms with Crippen LogP contribution in [0.1, 0.15) is 119 Å². The molecule has 0 radical (unpaired) electrons. The summed E-state index contributed by atoms with van der Waals surface area (Å²) in [5.74, 6) is 0. The average molecular weight is 369 g/mol. The van der Waals surface area contributed by atoms with E-state index in [4.69, 9.17) is 9.47 Å². The zero-order chi connectivity index (χ0) is 19.6. The largest absolute Gasteiger partial charge is 0.373 e. The van der Waals surface area contributed by atoms with E-state index in [2.05, 4.69) is 53.7 Å². The first-order chi connectivity index (χ1) is 12.5. The second-order valence-corrected chi connectivity index (χ2v) is 8.29. The molecule has 0 aliphatic heterocycles. The lowest BCUT2D eigenvalue weighted by Gasteiger charge is -2.27. The Hall–Kier alpha value is -0.340. The highest BCUT2D eigenvalue weighted by atomic mass is 16.5. The van der Waals surface area contributed by atoms with Gasteiger partial charge in [0.25, 0.3) is 0 Å². The molecule has 0 fully saturated rings. The number of unbranched alkanes of at least 4 members (excludes halogenated alkanes) is 10. The smallest absolute Gasteiger partial charge is 0.0871 e. The molecule has 0 amide bonds. The predicted octanol–water partition coefficient (Wildman–Crippen LogP) is 7.85. The summed E-state index contributed by atoms with van der Waals surface area (Å²) in [5.41, 5.74) is 0. The molecule has 2 atom stereocenters. The van der Waals surface area contributed by atoms with Crippen molar-refractivity contribution < 1.29 is 9.47 Å². The Morgan fingerprint density at radius 2 is 1.12 bits per heavy atom. The van der Waals surface area contributed by atoms with Crippen LogP contribution in [0.4, 0.5) is 0 Å². The molecule has 0 bridgehead atoms. The quantitative estimate of drug-likeness (QED) is 0.181. The van der Waals surface area contributed by atoms with Crippen molar-refractivity contribution in [1.29, 1.82) is 0 Å². The second-order valence-electron chi connectivity index (χ2n) is 8.29. The van der Waals surface area contributed by atoms with Crippen LogP contribution in [0.3, 0.4) is 0 Å². The van der Waals surface area contributed by atoms with Crippen molar-refractivity contribution in [2.75, 3.05) is 0 Å². The van der Waals surface area contributed by atoms with Crippen molar-refractivity contribution in [3.05, 3.63) is 12.2 Å². The lowest BCUT2D eigenvalue weighted by Crippen LogP contribution is -2.32. The molecule has 0 aliphatic carbocycles. The Morgan fingerprint density at radius 1 is 0.615 bits per heavy atom. The van der Waals surface area contributed by atoms with Gasteiger partial charge in [0.2, 0.25) is 0 Å². The topological polar surface area (TPSA) is 18.5 Å². The van der Waals surface area contributed by atoms with Crippen LogP contribution >= 0.6 is 0 Å². The summed E-state index contributed by atoms with van der Waals surface area (Å²) in [7, 11) is 0. The molecule has 0 aromatic carbocycles. The van der Waals surface area contributed by atoms with Gasteiger partial charge >= 0.3 is 0 Å². The van der Waals surface area contributed by atoms with Crippen molar-refractivity contribution in [2.24, 2.45) is 0 Å². The van der Waals surface area contributed by atoms with Crippen LogP contribution in [0.5, 0.6) is 0 Å². The number of ether oxygens (including phenoxy) is 2. The van der Waals surface area contributed by atoms with Gasteiger partial charge < -0.3 is 9.47 Å². The third kappa shape index (κ3) is 17.1. The first-order valence-corrected chi connectivity index (χ1v) is 11.4. The van der Waals surface area contributed by atoms with Crippen LogP contribution in [-0.4, -0.2) is 24.4 Å². The molecular weight excluding hydrogens is 320 g/mol. The molecule has 0 saturated heterocycles. The summed E-state index contributed by atoms with van der Waals surface area (Å²) in [6, 6.07) is 0. The van der Waals surface area contributed by atoms with E-state index in [1.165, 1.54) is 70.6 Å². The zero-order valence-electron chi connectivity index (χ0n) is 18.8. The van der Waals surface area contributed by atoms with E-state index in [0.29, 0.717) is 0 Å². The second kappa shape index (κ2) is 18.0. The number of hydrogen-bond acceptors (Lipinski definition) is 2. The highest BCUT2D eigenvalue weighted by molar-refractivity contribution is 4.86. The lowest BCUT2D eigenvalue weighted by atomic mass is 10.1. The highest BCUT2D eigenvalue weighted by Gasteiger charge is 2.19. The van der Waals surface area contributed by atoms with Crippen LogP contribution in [0.2, 0.25) is 0 Å². The molecule has 0 spiro atoms. The van der Waals surface area contributed by atoms with Gasteiger partial charge in [-0.3, -0.25) is 0 Å². The van der Waals surface area contributed by atoms with E-state index in [0.717, 1.165) is 6.42 Å². The van der Waals surface area contributed by atoms with Gasteiger partial charge in [0.05, 0.1) is 24.4 Å². The van der Waals surface area contributed by atoms with Gasteiger partial charge in [-0.25, -0.2) is 0 Å². The number of rotatable bonds is 18. The van der Waals surface area contributed by atoms with Gasteiger partial charge in [-0.15, -0.1) is 0 Å². The maximum absolute atomic E-state index is 6.04. The Balaban J connectivity index is 3.71. The molecule has 0 aliphatic rings. The minimum atomic E-state index is 0.138. The van der Waals surface area contributed by atoms with E-state index in [9.17, 15) is 0 Å². The van der Waals surface area contributed by atoms with Gasteiger partial charge in [-0.2, -0.15) is 0 Å². The first-order valence-electron chi connectivity index (χ1n) is 11.4. The molecule has 156 valence electrons. The lowest BCUT2D eigenvalue weighted by molar-refractivity contribution is -0.101. The van der Waals surface area contributed by atoms with E-state index < -0.39 is 0 Å². The normalized spacial score (nSPS) is 14.6. The van der Waals surface area contributed by atoms with Crippen molar-refractivity contribution in [1.82, 2.24) is 0 Å². The molecule has 0 N–H and O–H groups in total. The van der Waals surface area contributed by atoms with Gasteiger partial charge in [-0.1, -0.05) is 76.9 Å². The fourth-order valence-electron chi connectivity index (χ4n) is 3.32. The Morgan fingerprint density at radius 3 is 1.62 bits per heavy atom. The fourth-order valence-corrected chi connectivity index (χ4v) is 3.32. The van der Waals surface area contributed by atoms with E-state index >= 15 is 0 Å². The summed E-state index contributed by atoms with van der Waals surface area (Å²) in [5, 5.41) is 0. The van der Waals surface area contributed by atoms with Gasteiger partial charge in [0, 0.05) is 0 Å². The Labute approximate surface area is 165 Å². The monoisotopic (exact) mass is 368 g/mol. The van der Waals surface area contributed by atoms with Gasteiger partial charge in [0.15, 0.2) is 0 Å². The number of hydrogen-bond donors (Lipinski definition) is 0. The molecule has 0 aromatic heterocycles. The Kier molecular flexibility index (Phi) is 17.8. The summed E-state index contributed by atoms with van der Waals surface area (Å²) in [6.07, 6.45) is 21.6. The molecule has 26 heavy (non-hydrogen) atoms. The van der Waals surface area contributed by atoms with Crippen molar-refractivity contribution in [2.45, 2.75) is 143 Å². The third-order valence-electron chi connectivity index (χ3n) is 4.72. The molecular formula is C24H48O2. The van der Waals surface area contributed by atoms with E-state index in [1.54, 1.807) is 0 Å². The fraction of sp³-hybridized carbons (Fsp3) is 0.917. The van der Waals surface area contributed by atoms with E-state index in [1.807, 2.05) is 0 Å². The van der Waals surface area contributed by atoms with Gasteiger partial charge in [0.1, 0.15) is 0 Å². The summed E-state index contributed by atoms with van der Waals surface area (Å²) in [4.78, 5) is 0. The van der Waals surface area contributed by atoms with Crippen LogP contribution in [0.15, 0.2) is 12.2 Å². The summed E-state index contributed by atoms with van der Waals surface area (Å²) >= 11 is 0. The van der Waals surface area contributed by atoms with Crippen molar-refractivity contribution >= 4 is 0 Å². The maximum atomic E-state index is 6.04. The molecule has 0 aromatic rings.